The average Bonchev–Trinajstić information content (AvgIpc) is 2.71. The highest BCUT2D eigenvalue weighted by atomic mass is 16.5. The Bertz CT molecular complexity index is 1250. The molecule has 7 nitrogen and oxygen atoms in total. The summed E-state index contributed by atoms with van der Waals surface area (Å²) in [6.07, 6.45) is 2.80. The lowest BCUT2D eigenvalue weighted by Gasteiger charge is -2.13. The van der Waals surface area contributed by atoms with Gasteiger partial charge in [-0.25, -0.2) is 0 Å². The molecule has 0 bridgehead atoms. The Morgan fingerprint density at radius 1 is 1.21 bits per heavy atom. The summed E-state index contributed by atoms with van der Waals surface area (Å²) in [5.74, 6) is -0.0171. The van der Waals surface area contributed by atoms with Crippen molar-refractivity contribution in [1.29, 1.82) is 5.26 Å². The van der Waals surface area contributed by atoms with Crippen molar-refractivity contribution in [3.8, 4) is 17.7 Å². The zero-order chi connectivity index (χ0) is 21.1. The Labute approximate surface area is 167 Å². The van der Waals surface area contributed by atoms with Crippen LogP contribution in [0, 0.1) is 32.1 Å². The van der Waals surface area contributed by atoms with Gasteiger partial charge in [-0.1, -0.05) is 18.2 Å². The molecule has 0 atom stereocenters. The molecule has 1 N–H and O–H groups in total. The van der Waals surface area contributed by atoms with E-state index in [0.29, 0.717) is 11.4 Å². The maximum absolute atomic E-state index is 13.2. The van der Waals surface area contributed by atoms with Crippen LogP contribution in [0.1, 0.15) is 22.3 Å². The summed E-state index contributed by atoms with van der Waals surface area (Å²) in [4.78, 5) is 29.7. The fraction of sp³-hybridized carbons (Fsp3) is 0.182. The number of hydrogen-bond donors (Lipinski definition) is 1. The Hall–Kier alpha value is -3.92. The van der Waals surface area contributed by atoms with E-state index in [2.05, 4.69) is 10.3 Å². The molecule has 0 aliphatic rings. The van der Waals surface area contributed by atoms with E-state index in [1.165, 1.54) is 17.5 Å². The summed E-state index contributed by atoms with van der Waals surface area (Å²) in [7, 11) is 1.41. The number of carbonyl (C=O) groups excluding carboxylic acids is 1. The number of pyridine rings is 1. The molecule has 2 aromatic heterocycles. The van der Waals surface area contributed by atoms with Crippen LogP contribution in [0.4, 0.5) is 0 Å². The summed E-state index contributed by atoms with van der Waals surface area (Å²) in [6, 6.07) is 11.0. The van der Waals surface area contributed by atoms with Crippen LogP contribution in [0.3, 0.4) is 0 Å². The monoisotopic (exact) mass is 388 g/mol. The van der Waals surface area contributed by atoms with Crippen molar-refractivity contribution in [2.24, 2.45) is 0 Å². The molecule has 3 rings (SSSR count). The van der Waals surface area contributed by atoms with Crippen molar-refractivity contribution in [2.45, 2.75) is 20.8 Å². The molecule has 29 heavy (non-hydrogen) atoms. The minimum atomic E-state index is -0.598. The first kappa shape index (κ1) is 19.8. The molecule has 0 unspecified atom stereocenters. The van der Waals surface area contributed by atoms with Gasteiger partial charge in [0, 0.05) is 13.2 Å². The molecule has 0 saturated carbocycles. The molecule has 0 radical (unpaired) electrons. The number of ether oxygens (including phenoxy) is 1. The van der Waals surface area contributed by atoms with Gasteiger partial charge in [-0.3, -0.25) is 14.0 Å². The number of fused-ring (bicyclic) bond motifs is 1. The number of hydrogen-bond acceptors (Lipinski definition) is 5. The lowest BCUT2D eigenvalue weighted by molar-refractivity contribution is -0.116. The number of nitriles is 1. The van der Waals surface area contributed by atoms with E-state index in [9.17, 15) is 14.9 Å². The normalized spacial score (nSPS) is 11.2. The van der Waals surface area contributed by atoms with Crippen LogP contribution < -0.4 is 15.6 Å². The second kappa shape index (κ2) is 7.98. The quantitative estimate of drug-likeness (QED) is 0.547. The predicted molar refractivity (Wildman–Crippen MR) is 110 cm³/mol. The first-order chi connectivity index (χ1) is 13.9. The second-order valence-corrected chi connectivity index (χ2v) is 6.57. The standard InChI is InChI=1S/C22H20N4O3/c1-13-7-5-9-18(15(13)3)29-21-17(11-16(12-23)20(27)24-4)22(28)26-10-6-8-14(2)19(26)25-21/h5-11H,1-4H3,(H,24,27)/b16-11+. The highest BCUT2D eigenvalue weighted by molar-refractivity contribution is 6.01. The van der Waals surface area contributed by atoms with Crippen LogP contribution in [0.2, 0.25) is 0 Å². The molecule has 2 heterocycles. The van der Waals surface area contributed by atoms with E-state index >= 15 is 0 Å². The fourth-order valence-electron chi connectivity index (χ4n) is 2.86. The average molecular weight is 388 g/mol. The number of likely N-dealkylation sites (N-methyl/N-ethyl adjacent to an activating group) is 1. The molecule has 0 aliphatic carbocycles. The molecule has 146 valence electrons. The van der Waals surface area contributed by atoms with Crippen LogP contribution in [0.5, 0.6) is 11.6 Å². The van der Waals surface area contributed by atoms with Crippen LogP contribution in [-0.2, 0) is 4.79 Å². The van der Waals surface area contributed by atoms with E-state index in [1.807, 2.05) is 45.0 Å². The number of carbonyl (C=O) groups is 1. The summed E-state index contributed by atoms with van der Waals surface area (Å²) in [5, 5.41) is 11.7. The third-order valence-electron chi connectivity index (χ3n) is 4.69. The van der Waals surface area contributed by atoms with E-state index < -0.39 is 11.5 Å². The van der Waals surface area contributed by atoms with Crippen molar-refractivity contribution in [2.75, 3.05) is 7.05 Å². The van der Waals surface area contributed by atoms with Gasteiger partial charge in [-0.2, -0.15) is 10.2 Å². The third-order valence-corrected chi connectivity index (χ3v) is 4.69. The summed E-state index contributed by atoms with van der Waals surface area (Å²) < 4.78 is 7.38. The van der Waals surface area contributed by atoms with Crippen molar-refractivity contribution in [3.63, 3.8) is 0 Å². The first-order valence-corrected chi connectivity index (χ1v) is 8.97. The van der Waals surface area contributed by atoms with Gasteiger partial charge in [0.25, 0.3) is 11.5 Å². The largest absolute Gasteiger partial charge is 0.438 e. The SMILES string of the molecule is CNC(=O)/C(C#N)=C/c1c(Oc2cccc(C)c2C)nc2c(C)cccn2c1=O. The van der Waals surface area contributed by atoms with Crippen molar-refractivity contribution in [1.82, 2.24) is 14.7 Å². The van der Waals surface area contributed by atoms with Crippen LogP contribution in [0.25, 0.3) is 11.7 Å². The van der Waals surface area contributed by atoms with Gasteiger partial charge in [0.05, 0.1) is 0 Å². The van der Waals surface area contributed by atoms with Gasteiger partial charge in [-0.15, -0.1) is 0 Å². The number of aromatic nitrogens is 2. The molecular formula is C22H20N4O3. The maximum Gasteiger partial charge on any atom is 0.269 e. The summed E-state index contributed by atoms with van der Waals surface area (Å²) >= 11 is 0. The maximum atomic E-state index is 13.2. The third kappa shape index (κ3) is 3.73. The Balaban J connectivity index is 2.32. The van der Waals surface area contributed by atoms with Crippen LogP contribution in [0.15, 0.2) is 46.9 Å². The lowest BCUT2D eigenvalue weighted by Crippen LogP contribution is -2.22. The Morgan fingerprint density at radius 2 is 1.93 bits per heavy atom. The van der Waals surface area contributed by atoms with Crippen molar-refractivity contribution in [3.05, 3.63) is 74.7 Å². The highest BCUT2D eigenvalue weighted by Crippen LogP contribution is 2.28. The molecule has 3 aromatic rings. The molecule has 0 spiro atoms. The van der Waals surface area contributed by atoms with Crippen LogP contribution >= 0.6 is 0 Å². The number of rotatable bonds is 4. The molecule has 0 fully saturated rings. The lowest BCUT2D eigenvalue weighted by atomic mass is 10.1. The number of aryl methyl sites for hydroxylation is 2. The highest BCUT2D eigenvalue weighted by Gasteiger charge is 2.18. The van der Waals surface area contributed by atoms with Crippen molar-refractivity contribution < 1.29 is 9.53 Å². The smallest absolute Gasteiger partial charge is 0.269 e. The molecule has 0 aliphatic heterocycles. The first-order valence-electron chi connectivity index (χ1n) is 8.97. The van der Waals surface area contributed by atoms with Crippen LogP contribution in [-0.4, -0.2) is 22.3 Å². The van der Waals surface area contributed by atoms with Gasteiger partial charge in [0.1, 0.15) is 28.6 Å². The molecular weight excluding hydrogens is 368 g/mol. The molecule has 0 saturated heterocycles. The van der Waals surface area contributed by atoms with Gasteiger partial charge in [0.15, 0.2) is 0 Å². The number of amides is 1. The van der Waals surface area contributed by atoms with Gasteiger partial charge < -0.3 is 10.1 Å². The number of nitrogens with one attached hydrogen (secondary N) is 1. The molecule has 1 aromatic carbocycles. The van der Waals surface area contributed by atoms with Crippen molar-refractivity contribution >= 4 is 17.6 Å². The fourth-order valence-corrected chi connectivity index (χ4v) is 2.86. The summed E-state index contributed by atoms with van der Waals surface area (Å²) in [6.45, 7) is 5.70. The number of benzene rings is 1. The zero-order valence-corrected chi connectivity index (χ0v) is 16.6. The molecule has 1 amide bonds. The second-order valence-electron chi connectivity index (χ2n) is 6.57. The summed E-state index contributed by atoms with van der Waals surface area (Å²) in [5.41, 5.74) is 2.53. The van der Waals surface area contributed by atoms with E-state index in [4.69, 9.17) is 4.74 Å². The predicted octanol–water partition coefficient (Wildman–Crippen LogP) is 3.07. The van der Waals surface area contributed by atoms with E-state index in [-0.39, 0.29) is 17.0 Å². The minimum Gasteiger partial charge on any atom is -0.438 e. The van der Waals surface area contributed by atoms with E-state index in [1.54, 1.807) is 18.3 Å². The van der Waals surface area contributed by atoms with Gasteiger partial charge >= 0.3 is 0 Å². The number of nitrogens with zero attached hydrogens (tertiary/aromatic N) is 3. The molecule has 7 heteroatoms. The minimum absolute atomic E-state index is 0.0224. The van der Waals surface area contributed by atoms with Gasteiger partial charge in [0.2, 0.25) is 5.88 Å². The Kier molecular flexibility index (Phi) is 5.46. The topological polar surface area (TPSA) is 96.5 Å². The van der Waals surface area contributed by atoms with Gasteiger partial charge in [-0.05, 0) is 55.7 Å². The van der Waals surface area contributed by atoms with E-state index in [0.717, 1.165) is 16.7 Å². The Morgan fingerprint density at radius 3 is 2.62 bits per heavy atom. The zero-order valence-electron chi connectivity index (χ0n) is 16.6.